The summed E-state index contributed by atoms with van der Waals surface area (Å²) in [6, 6.07) is 14.3. The number of carbonyl (C=O) groups excluding carboxylic acids is 2. The smallest absolute Gasteiger partial charge is 0.230 e. The molecule has 1 atom stereocenters. The van der Waals surface area contributed by atoms with Gasteiger partial charge in [0.25, 0.3) is 0 Å². The number of rotatable bonds is 10. The van der Waals surface area contributed by atoms with Crippen molar-refractivity contribution in [3.8, 4) is 0 Å². The first kappa shape index (κ1) is 22.6. The number of hydrogen-bond donors (Lipinski definition) is 2. The molecular formula is C21H24N4O2S3. The lowest BCUT2D eigenvalue weighted by Crippen LogP contribution is -2.28. The van der Waals surface area contributed by atoms with Crippen molar-refractivity contribution < 1.29 is 9.59 Å². The van der Waals surface area contributed by atoms with Gasteiger partial charge in [-0.05, 0) is 35.7 Å². The van der Waals surface area contributed by atoms with Crippen molar-refractivity contribution in [2.45, 2.75) is 35.0 Å². The van der Waals surface area contributed by atoms with E-state index in [0.717, 1.165) is 26.0 Å². The Morgan fingerprint density at radius 2 is 1.67 bits per heavy atom. The summed E-state index contributed by atoms with van der Waals surface area (Å²) in [5.74, 6) is 0.536. The maximum atomic E-state index is 12.4. The van der Waals surface area contributed by atoms with Crippen molar-refractivity contribution in [2.75, 3.05) is 18.1 Å². The Hall–Kier alpha value is -2.10. The molecule has 3 rings (SSSR count). The highest BCUT2D eigenvalue weighted by molar-refractivity contribution is 8.03. The van der Waals surface area contributed by atoms with Crippen LogP contribution in [0, 0.1) is 0 Å². The molecule has 158 valence electrons. The van der Waals surface area contributed by atoms with Gasteiger partial charge in [-0.15, -0.1) is 10.2 Å². The summed E-state index contributed by atoms with van der Waals surface area (Å²) < 4.78 is 1.45. The molecule has 9 heteroatoms. The maximum Gasteiger partial charge on any atom is 0.230 e. The zero-order valence-corrected chi connectivity index (χ0v) is 19.3. The van der Waals surface area contributed by atoms with Gasteiger partial charge in [0.1, 0.15) is 0 Å². The summed E-state index contributed by atoms with van der Waals surface area (Å²) in [6.45, 7) is 4.68. The van der Waals surface area contributed by atoms with E-state index < -0.39 is 0 Å². The second-order valence-electron chi connectivity index (χ2n) is 6.66. The standard InChI is InChI=1S/C21H24N4O2S3/c1-3-10-22-18(26)12-28-20-24-25-21(30-20)29-13-19(27)23-14(2)16-9-8-15-6-4-5-7-17(15)11-16/h4-9,11,14H,3,10,12-13H2,1-2H3,(H,22,26)(H,23,27). The molecule has 1 aromatic heterocycles. The molecule has 0 aliphatic rings. The minimum Gasteiger partial charge on any atom is -0.355 e. The fourth-order valence-electron chi connectivity index (χ4n) is 2.73. The third kappa shape index (κ3) is 6.72. The molecule has 3 aromatic rings. The van der Waals surface area contributed by atoms with Crippen LogP contribution in [0.3, 0.4) is 0 Å². The Bertz CT molecular complexity index is 1010. The second kappa shape index (κ2) is 11.3. The first-order chi connectivity index (χ1) is 14.5. The first-order valence-corrected chi connectivity index (χ1v) is 12.5. The van der Waals surface area contributed by atoms with Crippen molar-refractivity contribution in [1.82, 2.24) is 20.8 Å². The SMILES string of the molecule is CCCNC(=O)CSc1nnc(SCC(=O)NC(C)c2ccc3ccccc3c2)s1. The molecule has 0 saturated carbocycles. The minimum atomic E-state index is -0.0788. The molecule has 0 fully saturated rings. The molecule has 1 heterocycles. The number of carbonyl (C=O) groups is 2. The average Bonchev–Trinajstić information content (AvgIpc) is 3.22. The van der Waals surface area contributed by atoms with Crippen molar-refractivity contribution in [3.63, 3.8) is 0 Å². The van der Waals surface area contributed by atoms with Crippen molar-refractivity contribution in [2.24, 2.45) is 0 Å². The van der Waals surface area contributed by atoms with Gasteiger partial charge in [0.2, 0.25) is 11.8 Å². The predicted molar refractivity (Wildman–Crippen MR) is 125 cm³/mol. The molecule has 2 amide bonds. The summed E-state index contributed by atoms with van der Waals surface area (Å²) >= 11 is 4.12. The van der Waals surface area contributed by atoms with Crippen LogP contribution in [0.15, 0.2) is 51.1 Å². The lowest BCUT2D eigenvalue weighted by atomic mass is 10.0. The molecule has 0 spiro atoms. The topological polar surface area (TPSA) is 84.0 Å². The van der Waals surface area contributed by atoms with E-state index in [1.54, 1.807) is 0 Å². The van der Waals surface area contributed by atoms with Gasteiger partial charge in [0, 0.05) is 6.54 Å². The minimum absolute atomic E-state index is 0.00620. The van der Waals surface area contributed by atoms with E-state index in [1.165, 1.54) is 40.2 Å². The second-order valence-corrected chi connectivity index (χ2v) is 10.1. The summed E-state index contributed by atoms with van der Waals surface area (Å²) in [4.78, 5) is 24.0. The summed E-state index contributed by atoms with van der Waals surface area (Å²) in [5.41, 5.74) is 1.07. The molecule has 0 saturated heterocycles. The van der Waals surface area contributed by atoms with Gasteiger partial charge in [0.15, 0.2) is 8.68 Å². The molecule has 1 unspecified atom stereocenters. The van der Waals surface area contributed by atoms with E-state index in [2.05, 4.69) is 45.1 Å². The van der Waals surface area contributed by atoms with Crippen LogP contribution in [0.1, 0.15) is 31.9 Å². The van der Waals surface area contributed by atoms with Crippen LogP contribution in [0.2, 0.25) is 0 Å². The molecule has 6 nitrogen and oxygen atoms in total. The van der Waals surface area contributed by atoms with Gasteiger partial charge in [-0.1, -0.05) is 78.2 Å². The fraction of sp³-hybridized carbons (Fsp3) is 0.333. The van der Waals surface area contributed by atoms with E-state index in [1.807, 2.05) is 32.0 Å². The highest BCUT2D eigenvalue weighted by Crippen LogP contribution is 2.28. The Labute approximate surface area is 188 Å². The lowest BCUT2D eigenvalue weighted by Gasteiger charge is -2.14. The van der Waals surface area contributed by atoms with E-state index in [-0.39, 0.29) is 23.6 Å². The molecule has 2 N–H and O–H groups in total. The summed E-state index contributed by atoms with van der Waals surface area (Å²) in [7, 11) is 0. The number of nitrogens with zero attached hydrogens (tertiary/aromatic N) is 2. The van der Waals surface area contributed by atoms with Crippen molar-refractivity contribution in [1.29, 1.82) is 0 Å². The normalized spacial score (nSPS) is 11.9. The zero-order chi connectivity index (χ0) is 21.3. The Morgan fingerprint density at radius 3 is 2.37 bits per heavy atom. The highest BCUT2D eigenvalue weighted by atomic mass is 32.2. The molecule has 0 aliphatic heterocycles. The van der Waals surface area contributed by atoms with Gasteiger partial charge >= 0.3 is 0 Å². The van der Waals surface area contributed by atoms with Crippen LogP contribution in [0.4, 0.5) is 0 Å². The largest absolute Gasteiger partial charge is 0.355 e. The monoisotopic (exact) mass is 460 g/mol. The van der Waals surface area contributed by atoms with Crippen LogP contribution in [0.25, 0.3) is 10.8 Å². The lowest BCUT2D eigenvalue weighted by molar-refractivity contribution is -0.119. The number of fused-ring (bicyclic) bond motifs is 1. The van der Waals surface area contributed by atoms with Gasteiger partial charge in [0.05, 0.1) is 17.5 Å². The summed E-state index contributed by atoms with van der Waals surface area (Å²) in [6.07, 6.45) is 0.914. The molecule has 0 bridgehead atoms. The van der Waals surface area contributed by atoms with Gasteiger partial charge < -0.3 is 10.6 Å². The average molecular weight is 461 g/mol. The molecule has 30 heavy (non-hydrogen) atoms. The number of amides is 2. The molecule has 0 radical (unpaired) electrons. The maximum absolute atomic E-state index is 12.4. The van der Waals surface area contributed by atoms with Crippen molar-refractivity contribution >= 4 is 57.4 Å². The van der Waals surface area contributed by atoms with E-state index in [4.69, 9.17) is 0 Å². The van der Waals surface area contributed by atoms with Crippen LogP contribution in [0.5, 0.6) is 0 Å². The Morgan fingerprint density at radius 1 is 1.00 bits per heavy atom. The van der Waals surface area contributed by atoms with E-state index >= 15 is 0 Å². The third-order valence-corrected chi connectivity index (χ3v) is 7.45. The molecule has 0 aliphatic carbocycles. The number of aromatic nitrogens is 2. The number of nitrogens with one attached hydrogen (secondary N) is 2. The van der Waals surface area contributed by atoms with E-state index in [9.17, 15) is 9.59 Å². The van der Waals surface area contributed by atoms with Gasteiger partial charge in [-0.2, -0.15) is 0 Å². The summed E-state index contributed by atoms with van der Waals surface area (Å²) in [5, 5.41) is 16.4. The van der Waals surface area contributed by atoms with Gasteiger partial charge in [-0.3, -0.25) is 9.59 Å². The molecule has 2 aromatic carbocycles. The molecular weight excluding hydrogens is 436 g/mol. The fourth-order valence-corrected chi connectivity index (χ4v) is 5.39. The van der Waals surface area contributed by atoms with Crippen LogP contribution >= 0.6 is 34.9 Å². The Kier molecular flexibility index (Phi) is 8.53. The Balaban J connectivity index is 1.45. The van der Waals surface area contributed by atoms with Crippen LogP contribution in [-0.2, 0) is 9.59 Å². The first-order valence-electron chi connectivity index (χ1n) is 9.69. The van der Waals surface area contributed by atoms with Crippen LogP contribution in [-0.4, -0.2) is 40.1 Å². The van der Waals surface area contributed by atoms with Gasteiger partial charge in [-0.25, -0.2) is 0 Å². The zero-order valence-electron chi connectivity index (χ0n) is 16.9. The van der Waals surface area contributed by atoms with Crippen molar-refractivity contribution in [3.05, 3.63) is 48.0 Å². The quantitative estimate of drug-likeness (QED) is 0.440. The number of hydrogen-bond acceptors (Lipinski definition) is 7. The highest BCUT2D eigenvalue weighted by Gasteiger charge is 2.13. The number of thioether (sulfide) groups is 2. The third-order valence-electron chi connectivity index (χ3n) is 4.26. The predicted octanol–water partition coefficient (Wildman–Crippen LogP) is 4.28. The van der Waals surface area contributed by atoms with E-state index in [0.29, 0.717) is 12.3 Å². The number of benzene rings is 2. The van der Waals surface area contributed by atoms with Crippen LogP contribution < -0.4 is 10.6 Å².